The molecule has 0 saturated heterocycles. The Balaban J connectivity index is 2.37. The van der Waals surface area contributed by atoms with Gasteiger partial charge in [0.2, 0.25) is 0 Å². The van der Waals surface area contributed by atoms with Crippen LogP contribution in [0.3, 0.4) is 0 Å². The molecular formula is C16H18N4O. The van der Waals surface area contributed by atoms with Crippen molar-refractivity contribution in [3.63, 3.8) is 0 Å². The van der Waals surface area contributed by atoms with Crippen LogP contribution in [0.1, 0.15) is 25.8 Å². The van der Waals surface area contributed by atoms with Gasteiger partial charge in [0, 0.05) is 17.7 Å². The zero-order valence-corrected chi connectivity index (χ0v) is 12.2. The molecule has 0 atom stereocenters. The highest BCUT2D eigenvalue weighted by Gasteiger charge is 2.28. The number of rotatable bonds is 3. The molecule has 0 saturated carbocycles. The van der Waals surface area contributed by atoms with Gasteiger partial charge in [0.15, 0.2) is 0 Å². The van der Waals surface area contributed by atoms with Crippen LogP contribution in [0.4, 0.5) is 0 Å². The first-order chi connectivity index (χ1) is 10.1. The van der Waals surface area contributed by atoms with E-state index in [4.69, 9.17) is 11.1 Å². The first-order valence-corrected chi connectivity index (χ1v) is 6.81. The Kier molecular flexibility index (Phi) is 4.41. The van der Waals surface area contributed by atoms with E-state index in [9.17, 15) is 4.79 Å². The molecule has 0 spiro atoms. The van der Waals surface area contributed by atoms with E-state index in [2.05, 4.69) is 11.4 Å². The van der Waals surface area contributed by atoms with Crippen LogP contribution < -0.4 is 11.2 Å². The number of hydrogen-bond acceptors (Lipinski definition) is 4. The molecule has 1 aliphatic heterocycles. The second kappa shape index (κ2) is 6.25. The van der Waals surface area contributed by atoms with Crippen molar-refractivity contribution in [3.05, 3.63) is 58.6 Å². The van der Waals surface area contributed by atoms with Crippen molar-refractivity contribution < 1.29 is 4.79 Å². The molecule has 1 aliphatic rings. The molecule has 1 amide bonds. The lowest BCUT2D eigenvalue weighted by molar-refractivity contribution is -0.126. The Hall–Kier alpha value is -2.58. The van der Waals surface area contributed by atoms with Gasteiger partial charge < -0.3 is 5.32 Å². The molecule has 3 N–H and O–H groups in total. The van der Waals surface area contributed by atoms with Crippen LogP contribution in [-0.4, -0.2) is 10.9 Å². The Bertz CT molecular complexity index is 653. The lowest BCUT2D eigenvalue weighted by Crippen LogP contribution is -2.47. The number of allylic oxidation sites excluding steroid dienone is 2. The minimum Gasteiger partial charge on any atom is -0.343 e. The molecule has 0 unspecified atom stereocenters. The lowest BCUT2D eigenvalue weighted by Gasteiger charge is -2.30. The summed E-state index contributed by atoms with van der Waals surface area (Å²) >= 11 is 0. The van der Waals surface area contributed by atoms with Gasteiger partial charge in [0.05, 0.1) is 11.6 Å². The smallest absolute Gasteiger partial charge is 0.271 e. The summed E-state index contributed by atoms with van der Waals surface area (Å²) in [5.41, 5.74) is 2.85. The molecule has 0 aromatic heterocycles. The molecule has 0 aliphatic carbocycles. The molecule has 0 radical (unpaired) electrons. The van der Waals surface area contributed by atoms with Gasteiger partial charge in [-0.3, -0.25) is 4.79 Å². The van der Waals surface area contributed by atoms with Crippen molar-refractivity contribution in [1.82, 2.24) is 10.3 Å². The molecule has 1 heterocycles. The van der Waals surface area contributed by atoms with Crippen molar-refractivity contribution in [2.24, 2.45) is 5.84 Å². The van der Waals surface area contributed by atoms with Crippen molar-refractivity contribution in [2.75, 3.05) is 0 Å². The predicted molar refractivity (Wildman–Crippen MR) is 79.9 cm³/mol. The minimum atomic E-state index is -0.272. The van der Waals surface area contributed by atoms with Crippen molar-refractivity contribution >= 4 is 5.91 Å². The molecular weight excluding hydrogens is 264 g/mol. The number of hydrogen-bond donors (Lipinski definition) is 2. The first-order valence-electron chi connectivity index (χ1n) is 6.81. The van der Waals surface area contributed by atoms with Crippen molar-refractivity contribution in [1.29, 1.82) is 5.26 Å². The second-order valence-electron chi connectivity index (χ2n) is 4.86. The number of carbonyl (C=O) groups excluding carboxylic acids is 1. The number of hydrazine groups is 1. The summed E-state index contributed by atoms with van der Waals surface area (Å²) in [6, 6.07) is 11.8. The second-order valence-corrected chi connectivity index (χ2v) is 4.86. The Morgan fingerprint density at radius 1 is 1.38 bits per heavy atom. The summed E-state index contributed by atoms with van der Waals surface area (Å²) in [4.78, 5) is 12.4. The van der Waals surface area contributed by atoms with E-state index in [1.54, 1.807) is 0 Å². The van der Waals surface area contributed by atoms with E-state index < -0.39 is 0 Å². The fourth-order valence-electron chi connectivity index (χ4n) is 2.25. The molecule has 1 aromatic rings. The third-order valence-electron chi connectivity index (χ3n) is 3.47. The van der Waals surface area contributed by atoms with Crippen LogP contribution >= 0.6 is 0 Å². The maximum atomic E-state index is 12.4. The molecule has 5 nitrogen and oxygen atoms in total. The largest absolute Gasteiger partial charge is 0.343 e. The maximum absolute atomic E-state index is 12.4. The van der Waals surface area contributed by atoms with Gasteiger partial charge in [-0.05, 0) is 18.9 Å². The number of benzene rings is 1. The SMILES string of the molecule is CC/C(C#N)=C1/NC(C)=C(Cc2ccccc2)C(=O)N1N. The van der Waals surface area contributed by atoms with Crippen LogP contribution in [0.2, 0.25) is 0 Å². The van der Waals surface area contributed by atoms with E-state index in [0.29, 0.717) is 29.8 Å². The molecule has 108 valence electrons. The van der Waals surface area contributed by atoms with Crippen molar-refractivity contribution in [2.45, 2.75) is 26.7 Å². The number of amides is 1. The molecule has 0 bridgehead atoms. The topological polar surface area (TPSA) is 82.2 Å². The average Bonchev–Trinajstić information content (AvgIpc) is 2.51. The Labute approximate surface area is 124 Å². The van der Waals surface area contributed by atoms with Gasteiger partial charge in [0.25, 0.3) is 5.91 Å². The zero-order valence-electron chi connectivity index (χ0n) is 12.2. The summed E-state index contributed by atoms with van der Waals surface area (Å²) in [6.45, 7) is 3.68. The fourth-order valence-corrected chi connectivity index (χ4v) is 2.25. The fraction of sp³-hybridized carbons (Fsp3) is 0.250. The summed E-state index contributed by atoms with van der Waals surface area (Å²) in [6.07, 6.45) is 1.02. The summed E-state index contributed by atoms with van der Waals surface area (Å²) in [7, 11) is 0. The quantitative estimate of drug-likeness (QED) is 0.504. The summed E-state index contributed by atoms with van der Waals surface area (Å²) in [5.74, 6) is 5.96. The summed E-state index contributed by atoms with van der Waals surface area (Å²) < 4.78 is 0. The van der Waals surface area contributed by atoms with E-state index in [-0.39, 0.29) is 5.91 Å². The zero-order chi connectivity index (χ0) is 15.4. The minimum absolute atomic E-state index is 0.272. The third-order valence-corrected chi connectivity index (χ3v) is 3.47. The Morgan fingerprint density at radius 3 is 2.62 bits per heavy atom. The molecule has 0 fully saturated rings. The standard InChI is InChI=1S/C16H18N4O/c1-3-13(10-17)15-19-11(2)14(16(21)20(15)18)9-12-7-5-4-6-8-12/h4-8,19H,3,9,18H2,1-2H3/b15-13+. The van der Waals surface area contributed by atoms with E-state index in [0.717, 1.165) is 16.3 Å². The third kappa shape index (κ3) is 2.96. The predicted octanol–water partition coefficient (Wildman–Crippen LogP) is 1.95. The van der Waals surface area contributed by atoms with Crippen LogP contribution in [-0.2, 0) is 11.2 Å². The van der Waals surface area contributed by atoms with Crippen LogP contribution in [0.5, 0.6) is 0 Å². The van der Waals surface area contributed by atoms with E-state index in [1.165, 1.54) is 0 Å². The van der Waals surface area contributed by atoms with Crippen LogP contribution in [0, 0.1) is 11.3 Å². The Morgan fingerprint density at radius 2 is 2.05 bits per heavy atom. The van der Waals surface area contributed by atoms with Gasteiger partial charge in [-0.25, -0.2) is 10.9 Å². The number of nitrogens with zero attached hydrogens (tertiary/aromatic N) is 2. The highest BCUT2D eigenvalue weighted by Crippen LogP contribution is 2.22. The van der Waals surface area contributed by atoms with Gasteiger partial charge in [-0.2, -0.15) is 5.26 Å². The van der Waals surface area contributed by atoms with E-state index in [1.807, 2.05) is 44.2 Å². The monoisotopic (exact) mass is 282 g/mol. The maximum Gasteiger partial charge on any atom is 0.271 e. The average molecular weight is 282 g/mol. The van der Waals surface area contributed by atoms with Gasteiger partial charge >= 0.3 is 0 Å². The molecule has 21 heavy (non-hydrogen) atoms. The van der Waals surface area contributed by atoms with Gasteiger partial charge in [-0.1, -0.05) is 37.3 Å². The van der Waals surface area contributed by atoms with Gasteiger partial charge in [-0.15, -0.1) is 0 Å². The van der Waals surface area contributed by atoms with E-state index >= 15 is 0 Å². The highest BCUT2D eigenvalue weighted by atomic mass is 16.2. The molecule has 2 rings (SSSR count). The van der Waals surface area contributed by atoms with Gasteiger partial charge in [0.1, 0.15) is 5.82 Å². The van der Waals surface area contributed by atoms with Crippen LogP contribution in [0.15, 0.2) is 53.0 Å². The number of nitriles is 1. The summed E-state index contributed by atoms with van der Waals surface area (Å²) in [5, 5.41) is 13.2. The highest BCUT2D eigenvalue weighted by molar-refractivity contribution is 5.96. The normalized spacial score (nSPS) is 17.4. The molecule has 5 heteroatoms. The van der Waals surface area contributed by atoms with Crippen LogP contribution in [0.25, 0.3) is 0 Å². The first kappa shape index (κ1) is 14.8. The molecule has 1 aromatic carbocycles. The number of nitrogens with two attached hydrogens (primary N) is 1. The lowest BCUT2D eigenvalue weighted by atomic mass is 10.0. The number of nitrogens with one attached hydrogen (secondary N) is 1. The van der Waals surface area contributed by atoms with Crippen molar-refractivity contribution in [3.8, 4) is 6.07 Å². The number of carbonyl (C=O) groups is 1.